The minimum atomic E-state index is -5.26. The highest BCUT2D eigenvalue weighted by Crippen LogP contribution is 2.37. The van der Waals surface area contributed by atoms with Gasteiger partial charge in [0.05, 0.1) is 11.8 Å². The number of carboxylic acid groups (broad SMARTS) is 1. The van der Waals surface area contributed by atoms with Crippen molar-refractivity contribution >= 4 is 17.6 Å². The van der Waals surface area contributed by atoms with E-state index in [1.807, 2.05) is 0 Å². The third kappa shape index (κ3) is 3.19. The highest BCUT2D eigenvalue weighted by molar-refractivity contribution is 6.32. The quantitative estimate of drug-likeness (QED) is 0.686. The molecule has 0 spiro atoms. The molecule has 1 heterocycles. The molecule has 1 N–H and O–H groups in total. The van der Waals surface area contributed by atoms with E-state index in [0.717, 1.165) is 0 Å². The molecular formula is C8H3ClF5NO3. The predicted molar refractivity (Wildman–Crippen MR) is 47.8 cm³/mol. The summed E-state index contributed by atoms with van der Waals surface area (Å²) in [5, 5.41) is 7.77. The minimum Gasteiger partial charge on any atom is -0.478 e. The first-order valence-electron chi connectivity index (χ1n) is 4.09. The molecule has 0 aliphatic carbocycles. The van der Waals surface area contributed by atoms with Crippen molar-refractivity contribution in [1.29, 1.82) is 0 Å². The summed E-state index contributed by atoms with van der Waals surface area (Å²) in [6, 6.07) is 0. The van der Waals surface area contributed by atoms with Crippen LogP contribution in [0.5, 0.6) is 5.75 Å². The predicted octanol–water partition coefficient (Wildman–Crippen LogP) is 3.27. The number of pyridine rings is 1. The first-order chi connectivity index (χ1) is 8.13. The molecule has 1 aromatic heterocycles. The van der Waals surface area contributed by atoms with Gasteiger partial charge >= 0.3 is 12.3 Å². The van der Waals surface area contributed by atoms with Crippen LogP contribution in [0.4, 0.5) is 22.0 Å². The number of alkyl halides is 5. The van der Waals surface area contributed by atoms with Crippen LogP contribution in [0.2, 0.25) is 5.15 Å². The number of ether oxygens (including phenoxy) is 1. The maximum atomic E-state index is 12.6. The Bertz CT molecular complexity index is 477. The van der Waals surface area contributed by atoms with Crippen LogP contribution in [0.3, 0.4) is 0 Å². The second-order valence-electron chi connectivity index (χ2n) is 2.86. The third-order valence-corrected chi connectivity index (χ3v) is 1.98. The first-order valence-corrected chi connectivity index (χ1v) is 4.47. The maximum Gasteiger partial charge on any atom is 0.573 e. The third-order valence-electron chi connectivity index (χ3n) is 1.69. The summed E-state index contributed by atoms with van der Waals surface area (Å²) in [4.78, 5) is 13.7. The van der Waals surface area contributed by atoms with Crippen molar-refractivity contribution < 1.29 is 36.6 Å². The molecular weight excluding hydrogens is 289 g/mol. The molecule has 1 rings (SSSR count). The van der Waals surface area contributed by atoms with Crippen LogP contribution >= 0.6 is 11.6 Å². The fourth-order valence-electron chi connectivity index (χ4n) is 1.11. The van der Waals surface area contributed by atoms with E-state index in [9.17, 15) is 26.7 Å². The molecule has 100 valence electrons. The zero-order valence-electron chi connectivity index (χ0n) is 8.13. The van der Waals surface area contributed by atoms with Gasteiger partial charge in [-0.05, 0) is 0 Å². The van der Waals surface area contributed by atoms with Gasteiger partial charge in [-0.3, -0.25) is 0 Å². The van der Waals surface area contributed by atoms with E-state index in [1.54, 1.807) is 0 Å². The van der Waals surface area contributed by atoms with Crippen LogP contribution in [0, 0.1) is 0 Å². The Balaban J connectivity index is 3.44. The lowest BCUT2D eigenvalue weighted by atomic mass is 10.1. The lowest BCUT2D eigenvalue weighted by Crippen LogP contribution is -2.20. The number of carboxylic acids is 1. The average molecular weight is 292 g/mol. The van der Waals surface area contributed by atoms with Crippen molar-refractivity contribution in [2.24, 2.45) is 0 Å². The summed E-state index contributed by atoms with van der Waals surface area (Å²) >= 11 is 5.25. The monoisotopic (exact) mass is 291 g/mol. The lowest BCUT2D eigenvalue weighted by molar-refractivity contribution is -0.275. The molecule has 0 bridgehead atoms. The number of aromatic carboxylic acids is 1. The molecule has 0 saturated carbocycles. The number of carbonyl (C=O) groups is 1. The smallest absolute Gasteiger partial charge is 0.478 e. The molecule has 0 unspecified atom stereocenters. The normalized spacial score (nSPS) is 11.7. The molecule has 0 aliphatic heterocycles. The van der Waals surface area contributed by atoms with Crippen molar-refractivity contribution in [2.45, 2.75) is 12.8 Å². The Morgan fingerprint density at radius 1 is 1.44 bits per heavy atom. The van der Waals surface area contributed by atoms with Crippen molar-refractivity contribution in [2.75, 3.05) is 0 Å². The first kappa shape index (κ1) is 14.4. The Hall–Kier alpha value is -1.64. The number of rotatable bonds is 3. The molecule has 0 amide bonds. The number of halogens is 6. The number of nitrogens with zero attached hydrogens (tertiary/aromatic N) is 1. The van der Waals surface area contributed by atoms with Gasteiger partial charge in [-0.1, -0.05) is 11.6 Å². The number of aromatic nitrogens is 1. The molecule has 0 atom stereocenters. The van der Waals surface area contributed by atoms with Crippen LogP contribution in [0.25, 0.3) is 0 Å². The fourth-order valence-corrected chi connectivity index (χ4v) is 1.34. The Kier molecular flexibility index (Phi) is 3.95. The van der Waals surface area contributed by atoms with E-state index in [-0.39, 0.29) is 6.20 Å². The number of hydrogen-bond donors (Lipinski definition) is 1. The van der Waals surface area contributed by atoms with E-state index >= 15 is 0 Å². The molecule has 18 heavy (non-hydrogen) atoms. The van der Waals surface area contributed by atoms with Gasteiger partial charge in [0, 0.05) is 0 Å². The van der Waals surface area contributed by atoms with Crippen LogP contribution in [-0.4, -0.2) is 22.4 Å². The summed E-state index contributed by atoms with van der Waals surface area (Å²) < 4.78 is 64.3. The van der Waals surface area contributed by atoms with Crippen LogP contribution < -0.4 is 4.74 Å². The molecule has 1 aromatic rings. The highest BCUT2D eigenvalue weighted by Gasteiger charge is 2.36. The Morgan fingerprint density at radius 3 is 2.39 bits per heavy atom. The molecule has 0 fully saturated rings. The van der Waals surface area contributed by atoms with E-state index in [0.29, 0.717) is 0 Å². The zero-order valence-corrected chi connectivity index (χ0v) is 8.89. The molecule has 0 aromatic carbocycles. The Morgan fingerprint density at radius 2 is 2.00 bits per heavy atom. The van der Waals surface area contributed by atoms with Gasteiger partial charge in [-0.2, -0.15) is 0 Å². The summed E-state index contributed by atoms with van der Waals surface area (Å²) in [5.74, 6) is -3.34. The van der Waals surface area contributed by atoms with Gasteiger partial charge in [-0.25, -0.2) is 18.6 Å². The molecule has 4 nitrogen and oxygen atoms in total. The van der Waals surface area contributed by atoms with E-state index in [4.69, 9.17) is 16.7 Å². The Labute approximate surface area is 101 Å². The lowest BCUT2D eigenvalue weighted by Gasteiger charge is -2.14. The van der Waals surface area contributed by atoms with E-state index < -0.39 is 40.8 Å². The SMILES string of the molecule is O=C(O)c1c(Cl)ncc(OC(F)(F)F)c1C(F)F. The van der Waals surface area contributed by atoms with E-state index in [1.165, 1.54) is 0 Å². The summed E-state index contributed by atoms with van der Waals surface area (Å²) in [5.41, 5.74) is -2.70. The largest absolute Gasteiger partial charge is 0.573 e. The zero-order chi connectivity index (χ0) is 14.1. The van der Waals surface area contributed by atoms with Gasteiger partial charge in [0.1, 0.15) is 10.7 Å². The van der Waals surface area contributed by atoms with Gasteiger partial charge in [0.2, 0.25) is 0 Å². The number of hydrogen-bond acceptors (Lipinski definition) is 3. The molecule has 0 aliphatic rings. The van der Waals surface area contributed by atoms with Crippen molar-refractivity contribution in [3.63, 3.8) is 0 Å². The van der Waals surface area contributed by atoms with Gasteiger partial charge < -0.3 is 9.84 Å². The second kappa shape index (κ2) is 4.92. The standard InChI is InChI=1S/C8H3ClF5NO3/c9-5-4(7(16)17)3(6(10)11)2(1-15-5)18-8(12,13)14/h1,6H,(H,16,17). The minimum absolute atomic E-state index is 0.282. The molecule has 0 radical (unpaired) electrons. The fraction of sp³-hybridized carbons (Fsp3) is 0.250. The summed E-state index contributed by atoms with van der Waals surface area (Å²) in [6.45, 7) is 0. The van der Waals surface area contributed by atoms with Gasteiger partial charge in [-0.15, -0.1) is 13.2 Å². The van der Waals surface area contributed by atoms with Crippen molar-refractivity contribution in [3.05, 3.63) is 22.5 Å². The highest BCUT2D eigenvalue weighted by atomic mass is 35.5. The van der Waals surface area contributed by atoms with Gasteiger partial charge in [0.15, 0.2) is 5.75 Å². The maximum absolute atomic E-state index is 12.6. The van der Waals surface area contributed by atoms with Gasteiger partial charge in [0.25, 0.3) is 6.43 Å². The van der Waals surface area contributed by atoms with Crippen LogP contribution in [0.1, 0.15) is 22.3 Å². The molecule has 0 saturated heterocycles. The second-order valence-corrected chi connectivity index (χ2v) is 3.21. The average Bonchev–Trinajstić information content (AvgIpc) is 2.17. The molecule has 10 heteroatoms. The summed E-state index contributed by atoms with van der Waals surface area (Å²) in [6.07, 6.45) is -8.49. The van der Waals surface area contributed by atoms with E-state index in [2.05, 4.69) is 9.72 Å². The van der Waals surface area contributed by atoms with Crippen LogP contribution in [-0.2, 0) is 0 Å². The summed E-state index contributed by atoms with van der Waals surface area (Å²) in [7, 11) is 0. The van der Waals surface area contributed by atoms with Crippen molar-refractivity contribution in [3.8, 4) is 5.75 Å². The topological polar surface area (TPSA) is 59.4 Å². The van der Waals surface area contributed by atoms with Crippen LogP contribution in [0.15, 0.2) is 6.20 Å². The van der Waals surface area contributed by atoms with Crippen molar-refractivity contribution in [1.82, 2.24) is 4.98 Å².